The molecule has 7 heteroatoms. The van der Waals surface area contributed by atoms with Gasteiger partial charge in [0, 0.05) is 45.5 Å². The van der Waals surface area contributed by atoms with Gasteiger partial charge >= 0.3 is 0 Å². The smallest absolute Gasteiger partial charge is 0.287 e. The van der Waals surface area contributed by atoms with Gasteiger partial charge in [-0.15, -0.1) is 0 Å². The summed E-state index contributed by atoms with van der Waals surface area (Å²) in [5.41, 5.74) is 1.12. The van der Waals surface area contributed by atoms with Crippen LogP contribution in [0.4, 0.5) is 0 Å². The van der Waals surface area contributed by atoms with E-state index in [9.17, 15) is 4.79 Å². The van der Waals surface area contributed by atoms with Crippen LogP contribution in [0.3, 0.4) is 0 Å². The number of aryl methyl sites for hydroxylation is 1. The predicted octanol–water partition coefficient (Wildman–Crippen LogP) is 1.96. The zero-order valence-corrected chi connectivity index (χ0v) is 15.2. The lowest BCUT2D eigenvalue weighted by molar-refractivity contribution is -0.119. The van der Waals surface area contributed by atoms with Crippen molar-refractivity contribution in [1.82, 2.24) is 20.0 Å². The molecule has 0 aliphatic carbocycles. The Bertz CT molecular complexity index is 732. The van der Waals surface area contributed by atoms with Crippen LogP contribution in [-0.4, -0.2) is 51.9 Å². The minimum absolute atomic E-state index is 0.109. The Morgan fingerprint density at radius 3 is 2.92 bits per heavy atom. The van der Waals surface area contributed by atoms with E-state index in [1.54, 1.807) is 12.1 Å². The summed E-state index contributed by atoms with van der Waals surface area (Å²) in [7, 11) is 1.98. The lowest BCUT2D eigenvalue weighted by atomic mass is 9.82. The molecule has 0 unspecified atom stereocenters. The molecule has 26 heavy (non-hydrogen) atoms. The Labute approximate surface area is 153 Å². The molecular weight excluding hydrogens is 332 g/mol. The minimum atomic E-state index is -0.134. The van der Waals surface area contributed by atoms with Gasteiger partial charge in [-0.05, 0) is 43.9 Å². The van der Waals surface area contributed by atoms with Crippen LogP contribution in [0.15, 0.2) is 35.1 Å². The lowest BCUT2D eigenvalue weighted by Crippen LogP contribution is -2.53. The molecule has 0 aromatic carbocycles. The number of piperidine rings is 1. The molecule has 2 aliphatic rings. The van der Waals surface area contributed by atoms with E-state index in [2.05, 4.69) is 21.4 Å². The second-order valence-corrected chi connectivity index (χ2v) is 7.39. The fraction of sp³-hybridized carbons (Fsp3) is 0.579. The van der Waals surface area contributed by atoms with Gasteiger partial charge in [0.1, 0.15) is 0 Å². The number of amides is 1. The molecule has 1 N–H and O–H groups in total. The maximum Gasteiger partial charge on any atom is 0.287 e. The fourth-order valence-electron chi connectivity index (χ4n) is 4.07. The van der Waals surface area contributed by atoms with Gasteiger partial charge in [0.05, 0.1) is 17.6 Å². The number of ether oxygens (including phenoxy) is 1. The second-order valence-electron chi connectivity index (χ2n) is 7.39. The van der Waals surface area contributed by atoms with Crippen molar-refractivity contribution >= 4 is 5.91 Å². The van der Waals surface area contributed by atoms with Crippen LogP contribution in [0, 0.1) is 0 Å². The Kier molecular flexibility index (Phi) is 4.82. The van der Waals surface area contributed by atoms with E-state index in [4.69, 9.17) is 9.15 Å². The van der Waals surface area contributed by atoms with E-state index in [1.165, 1.54) is 12.0 Å². The van der Waals surface area contributed by atoms with Crippen molar-refractivity contribution in [2.24, 2.45) is 7.05 Å². The van der Waals surface area contributed by atoms with Crippen molar-refractivity contribution in [3.8, 4) is 0 Å². The van der Waals surface area contributed by atoms with E-state index in [0.717, 1.165) is 45.3 Å². The molecule has 4 rings (SSSR count). The highest BCUT2D eigenvalue weighted by Crippen LogP contribution is 2.35. The van der Waals surface area contributed by atoms with Crippen LogP contribution in [0.5, 0.6) is 0 Å². The number of likely N-dealkylation sites (tertiary alicyclic amines) is 1. The first-order valence-electron chi connectivity index (χ1n) is 9.31. The molecule has 1 amide bonds. The third-order valence-electron chi connectivity index (χ3n) is 5.65. The first-order chi connectivity index (χ1) is 12.6. The van der Waals surface area contributed by atoms with Crippen LogP contribution in [-0.2, 0) is 18.3 Å². The topological polar surface area (TPSA) is 72.5 Å². The maximum absolute atomic E-state index is 12.2. The van der Waals surface area contributed by atoms with Gasteiger partial charge in [-0.3, -0.25) is 14.4 Å². The van der Waals surface area contributed by atoms with Crippen LogP contribution >= 0.6 is 0 Å². The predicted molar refractivity (Wildman–Crippen MR) is 95.6 cm³/mol. The van der Waals surface area contributed by atoms with Crippen LogP contribution in [0.25, 0.3) is 0 Å². The van der Waals surface area contributed by atoms with Crippen molar-refractivity contribution in [3.05, 3.63) is 42.1 Å². The Hall–Kier alpha value is -2.12. The van der Waals surface area contributed by atoms with E-state index in [-0.39, 0.29) is 17.6 Å². The van der Waals surface area contributed by atoms with Gasteiger partial charge in [-0.2, -0.15) is 5.10 Å². The first kappa shape index (κ1) is 17.3. The molecule has 2 aliphatic heterocycles. The number of carbonyl (C=O) groups excluding carboxylic acids is 1. The number of furan rings is 1. The highest BCUT2D eigenvalue weighted by atomic mass is 16.5. The highest BCUT2D eigenvalue weighted by Gasteiger charge is 2.40. The third kappa shape index (κ3) is 3.68. The number of nitrogens with one attached hydrogen (secondary N) is 1. The van der Waals surface area contributed by atoms with E-state index < -0.39 is 0 Å². The van der Waals surface area contributed by atoms with E-state index in [0.29, 0.717) is 12.4 Å². The standard InChI is InChI=1S/C19H26N4O3/c1-22-16(4-8-20-22)14-23-9-6-19(7-10-23)13-15(5-12-26-19)21-18(24)17-3-2-11-25-17/h2-4,8,11,15H,5-7,9-10,12-14H2,1H3,(H,21,24)/t15-/m1/s1. The molecule has 2 saturated heterocycles. The molecule has 0 radical (unpaired) electrons. The third-order valence-corrected chi connectivity index (χ3v) is 5.65. The normalized spacial score (nSPS) is 23.2. The zero-order valence-electron chi connectivity index (χ0n) is 15.2. The molecule has 2 aromatic heterocycles. The minimum Gasteiger partial charge on any atom is -0.459 e. The van der Waals surface area contributed by atoms with Gasteiger partial charge in [0.25, 0.3) is 5.91 Å². The second kappa shape index (κ2) is 7.25. The van der Waals surface area contributed by atoms with Gasteiger partial charge in [-0.25, -0.2) is 0 Å². The molecule has 2 fully saturated rings. The van der Waals surface area contributed by atoms with E-state index in [1.807, 2.05) is 17.9 Å². The van der Waals surface area contributed by atoms with Crippen LogP contribution in [0.1, 0.15) is 41.9 Å². The molecule has 4 heterocycles. The van der Waals surface area contributed by atoms with Crippen molar-refractivity contribution < 1.29 is 13.9 Å². The SMILES string of the molecule is Cn1nccc1CN1CCC2(CC1)C[C@H](NC(=O)c1ccco1)CCO2. The molecule has 140 valence electrons. The monoisotopic (exact) mass is 358 g/mol. The summed E-state index contributed by atoms with van der Waals surface area (Å²) in [5.74, 6) is 0.238. The summed E-state index contributed by atoms with van der Waals surface area (Å²) >= 11 is 0. The summed E-state index contributed by atoms with van der Waals surface area (Å²) < 4.78 is 13.3. The number of hydrogen-bond acceptors (Lipinski definition) is 5. The number of aromatic nitrogens is 2. The molecule has 2 aromatic rings. The molecule has 0 bridgehead atoms. The average molecular weight is 358 g/mol. The van der Waals surface area contributed by atoms with Crippen molar-refractivity contribution in [2.75, 3.05) is 19.7 Å². The van der Waals surface area contributed by atoms with E-state index >= 15 is 0 Å². The van der Waals surface area contributed by atoms with Gasteiger partial charge in [-0.1, -0.05) is 0 Å². The quantitative estimate of drug-likeness (QED) is 0.904. The number of rotatable bonds is 4. The molecule has 0 saturated carbocycles. The molecule has 1 atom stereocenters. The van der Waals surface area contributed by atoms with Crippen LogP contribution < -0.4 is 5.32 Å². The van der Waals surface area contributed by atoms with Gasteiger partial charge in [0.15, 0.2) is 5.76 Å². The maximum atomic E-state index is 12.2. The van der Waals surface area contributed by atoms with Gasteiger partial charge in [0.2, 0.25) is 0 Å². The van der Waals surface area contributed by atoms with Crippen molar-refractivity contribution in [2.45, 2.75) is 43.9 Å². The average Bonchev–Trinajstić information content (AvgIpc) is 3.30. The first-order valence-corrected chi connectivity index (χ1v) is 9.31. The van der Waals surface area contributed by atoms with Crippen LogP contribution in [0.2, 0.25) is 0 Å². The molecular formula is C19H26N4O3. The summed E-state index contributed by atoms with van der Waals surface area (Å²) in [6, 6.07) is 5.64. The number of nitrogens with zero attached hydrogens (tertiary/aromatic N) is 3. The Morgan fingerprint density at radius 1 is 1.38 bits per heavy atom. The number of hydrogen-bond donors (Lipinski definition) is 1. The summed E-state index contributed by atoms with van der Waals surface area (Å²) in [4.78, 5) is 14.7. The Morgan fingerprint density at radius 2 is 2.23 bits per heavy atom. The highest BCUT2D eigenvalue weighted by molar-refractivity contribution is 5.91. The molecule has 7 nitrogen and oxygen atoms in total. The zero-order chi connectivity index (χ0) is 18.0. The lowest BCUT2D eigenvalue weighted by Gasteiger charge is -2.46. The summed E-state index contributed by atoms with van der Waals surface area (Å²) in [6.07, 6.45) is 7.09. The fourth-order valence-corrected chi connectivity index (χ4v) is 4.07. The summed E-state index contributed by atoms with van der Waals surface area (Å²) in [6.45, 7) is 3.63. The van der Waals surface area contributed by atoms with Crippen molar-refractivity contribution in [3.63, 3.8) is 0 Å². The number of carbonyl (C=O) groups is 1. The van der Waals surface area contributed by atoms with Crippen molar-refractivity contribution in [1.29, 1.82) is 0 Å². The Balaban J connectivity index is 1.31. The molecule has 1 spiro atoms. The largest absolute Gasteiger partial charge is 0.459 e. The van der Waals surface area contributed by atoms with Gasteiger partial charge < -0.3 is 14.5 Å². The summed E-state index contributed by atoms with van der Waals surface area (Å²) in [5, 5.41) is 7.35.